The number of piperazine rings is 1. The van der Waals surface area contributed by atoms with Crippen molar-refractivity contribution >= 4 is 17.5 Å². The summed E-state index contributed by atoms with van der Waals surface area (Å²) in [5.74, 6) is 0. The minimum Gasteiger partial charge on any atom is -0.398 e. The van der Waals surface area contributed by atoms with Crippen molar-refractivity contribution < 1.29 is 0 Å². The first kappa shape index (κ1) is 20.2. The SMILES string of the molecule is C=C1C=C(N/C=C(\C=N)CN2CCN[C@H](c3ccc4c(c3N)CCC4=C)C2)C=CN1. The summed E-state index contributed by atoms with van der Waals surface area (Å²) in [7, 11) is 0. The first-order valence-electron chi connectivity index (χ1n) is 10.4. The van der Waals surface area contributed by atoms with E-state index in [-0.39, 0.29) is 6.04 Å². The fraction of sp³-hybridized carbons (Fsp3) is 0.292. The summed E-state index contributed by atoms with van der Waals surface area (Å²) in [6.45, 7) is 11.5. The van der Waals surface area contributed by atoms with Crippen molar-refractivity contribution in [3.8, 4) is 0 Å². The van der Waals surface area contributed by atoms with Crippen LogP contribution in [0.1, 0.15) is 29.2 Å². The molecule has 0 unspecified atom stereocenters. The maximum atomic E-state index is 7.82. The molecule has 0 radical (unpaired) electrons. The Balaban J connectivity index is 1.43. The maximum absolute atomic E-state index is 7.82. The Kier molecular flexibility index (Phi) is 5.88. The molecule has 156 valence electrons. The van der Waals surface area contributed by atoms with E-state index in [1.165, 1.54) is 28.5 Å². The zero-order valence-corrected chi connectivity index (χ0v) is 17.3. The first-order valence-corrected chi connectivity index (χ1v) is 10.4. The van der Waals surface area contributed by atoms with E-state index >= 15 is 0 Å². The van der Waals surface area contributed by atoms with Gasteiger partial charge in [0, 0.05) is 67.9 Å². The Hall–Kier alpha value is -3.09. The van der Waals surface area contributed by atoms with Crippen LogP contribution in [0.2, 0.25) is 0 Å². The lowest BCUT2D eigenvalue weighted by atomic mass is 9.96. The van der Waals surface area contributed by atoms with Crippen LogP contribution in [0.15, 0.2) is 66.8 Å². The molecular weight excluding hydrogens is 372 g/mol. The molecule has 1 aromatic rings. The fourth-order valence-electron chi connectivity index (χ4n) is 4.33. The Morgan fingerprint density at radius 2 is 2.20 bits per heavy atom. The summed E-state index contributed by atoms with van der Waals surface area (Å²) in [5.41, 5.74) is 15.0. The number of dihydropyridines is 1. The van der Waals surface area contributed by atoms with Crippen molar-refractivity contribution in [2.75, 3.05) is 31.9 Å². The second-order valence-corrected chi connectivity index (χ2v) is 8.05. The molecule has 4 rings (SSSR count). The van der Waals surface area contributed by atoms with E-state index < -0.39 is 0 Å². The molecule has 0 aromatic heterocycles. The molecule has 1 aromatic carbocycles. The molecule has 1 atom stereocenters. The first-order chi connectivity index (χ1) is 14.5. The van der Waals surface area contributed by atoms with Gasteiger partial charge < -0.3 is 27.1 Å². The van der Waals surface area contributed by atoms with Crippen LogP contribution in [-0.4, -0.2) is 37.3 Å². The zero-order valence-electron chi connectivity index (χ0n) is 17.3. The maximum Gasteiger partial charge on any atom is 0.0470 e. The number of anilines is 1. The zero-order chi connectivity index (χ0) is 21.1. The molecule has 1 aliphatic carbocycles. The van der Waals surface area contributed by atoms with Crippen molar-refractivity contribution in [1.29, 1.82) is 5.41 Å². The van der Waals surface area contributed by atoms with Crippen LogP contribution in [0.5, 0.6) is 0 Å². The van der Waals surface area contributed by atoms with Gasteiger partial charge in [-0.25, -0.2) is 0 Å². The van der Waals surface area contributed by atoms with Crippen molar-refractivity contribution in [2.24, 2.45) is 0 Å². The van der Waals surface area contributed by atoms with E-state index in [0.29, 0.717) is 6.54 Å². The monoisotopic (exact) mass is 402 g/mol. The largest absolute Gasteiger partial charge is 0.398 e. The van der Waals surface area contributed by atoms with Crippen molar-refractivity contribution in [1.82, 2.24) is 20.9 Å². The lowest BCUT2D eigenvalue weighted by Gasteiger charge is -2.35. The van der Waals surface area contributed by atoms with Crippen LogP contribution >= 0.6 is 0 Å². The van der Waals surface area contributed by atoms with Gasteiger partial charge in [0.2, 0.25) is 0 Å². The van der Waals surface area contributed by atoms with Gasteiger partial charge in [-0.3, -0.25) is 4.90 Å². The van der Waals surface area contributed by atoms with Gasteiger partial charge in [0.25, 0.3) is 0 Å². The summed E-state index contributed by atoms with van der Waals surface area (Å²) >= 11 is 0. The van der Waals surface area contributed by atoms with Crippen LogP contribution < -0.4 is 21.7 Å². The normalized spacial score (nSPS) is 21.8. The number of nitrogens with one attached hydrogen (secondary N) is 4. The number of nitrogens with two attached hydrogens (primary N) is 1. The quantitative estimate of drug-likeness (QED) is 0.373. The van der Waals surface area contributed by atoms with E-state index in [0.717, 1.165) is 55.1 Å². The second kappa shape index (κ2) is 8.73. The number of hydrogen-bond donors (Lipinski definition) is 5. The molecular formula is C24H30N6. The number of nitrogens with zero attached hydrogens (tertiary/aromatic N) is 1. The van der Waals surface area contributed by atoms with E-state index in [2.05, 4.69) is 46.1 Å². The molecule has 6 nitrogen and oxygen atoms in total. The highest BCUT2D eigenvalue weighted by atomic mass is 15.2. The van der Waals surface area contributed by atoms with Crippen LogP contribution in [0.3, 0.4) is 0 Å². The smallest absolute Gasteiger partial charge is 0.0470 e. The minimum absolute atomic E-state index is 0.191. The van der Waals surface area contributed by atoms with E-state index in [1.807, 2.05) is 24.6 Å². The van der Waals surface area contributed by atoms with Crippen LogP contribution in [-0.2, 0) is 6.42 Å². The average Bonchev–Trinajstić information content (AvgIpc) is 3.13. The van der Waals surface area contributed by atoms with Gasteiger partial charge in [0.05, 0.1) is 0 Å². The molecule has 0 spiro atoms. The van der Waals surface area contributed by atoms with Crippen molar-refractivity contribution in [3.63, 3.8) is 0 Å². The highest BCUT2D eigenvalue weighted by Gasteiger charge is 2.26. The molecule has 2 heterocycles. The van der Waals surface area contributed by atoms with Gasteiger partial charge in [-0.1, -0.05) is 25.3 Å². The van der Waals surface area contributed by atoms with Crippen LogP contribution in [0.4, 0.5) is 5.69 Å². The lowest BCUT2D eigenvalue weighted by molar-refractivity contribution is 0.218. The minimum atomic E-state index is 0.191. The highest BCUT2D eigenvalue weighted by Crippen LogP contribution is 2.38. The molecule has 1 saturated heterocycles. The predicted molar refractivity (Wildman–Crippen MR) is 125 cm³/mol. The average molecular weight is 403 g/mol. The second-order valence-electron chi connectivity index (χ2n) is 8.05. The number of rotatable bonds is 6. The summed E-state index contributed by atoms with van der Waals surface area (Å²) in [4.78, 5) is 2.37. The molecule has 30 heavy (non-hydrogen) atoms. The number of nitrogen functional groups attached to an aromatic ring is 1. The number of allylic oxidation sites excluding steroid dienone is 3. The van der Waals surface area contributed by atoms with Gasteiger partial charge in [0.15, 0.2) is 0 Å². The van der Waals surface area contributed by atoms with Crippen molar-refractivity contribution in [2.45, 2.75) is 18.9 Å². The van der Waals surface area contributed by atoms with Crippen LogP contribution in [0, 0.1) is 5.41 Å². The molecule has 1 fully saturated rings. The molecule has 6 heteroatoms. The molecule has 2 aliphatic heterocycles. The number of hydrogen-bond acceptors (Lipinski definition) is 6. The highest BCUT2D eigenvalue weighted by molar-refractivity contribution is 5.77. The molecule has 0 amide bonds. The predicted octanol–water partition coefficient (Wildman–Crippen LogP) is 2.81. The number of fused-ring (bicyclic) bond motifs is 1. The Morgan fingerprint density at radius 1 is 1.33 bits per heavy atom. The standard InChI is InChI=1S/C24H30N6/c1-16-3-4-21-20(16)5-6-22(24(21)26)23-15-30(10-9-28-23)14-18(12-25)13-29-19-7-8-27-17(2)11-19/h5-8,11-13,23,25,27-29H,1-4,9-10,14-15,26H2/b18-13+,25-12?/t23-/m0/s1. The number of benzene rings is 1. The third kappa shape index (κ3) is 4.25. The lowest BCUT2D eigenvalue weighted by Crippen LogP contribution is -2.46. The van der Waals surface area contributed by atoms with E-state index in [1.54, 1.807) is 0 Å². The van der Waals surface area contributed by atoms with E-state index in [4.69, 9.17) is 11.1 Å². The Labute approximate surface area is 178 Å². The Morgan fingerprint density at radius 3 is 3.00 bits per heavy atom. The van der Waals surface area contributed by atoms with Gasteiger partial charge in [-0.05, 0) is 52.8 Å². The molecule has 0 bridgehead atoms. The third-order valence-corrected chi connectivity index (χ3v) is 5.96. The van der Waals surface area contributed by atoms with Gasteiger partial charge >= 0.3 is 0 Å². The van der Waals surface area contributed by atoms with Gasteiger partial charge in [-0.15, -0.1) is 0 Å². The van der Waals surface area contributed by atoms with Crippen LogP contribution in [0.25, 0.3) is 5.57 Å². The third-order valence-electron chi connectivity index (χ3n) is 5.96. The molecule has 0 saturated carbocycles. The fourth-order valence-corrected chi connectivity index (χ4v) is 4.33. The van der Waals surface area contributed by atoms with Gasteiger partial charge in [-0.2, -0.15) is 0 Å². The van der Waals surface area contributed by atoms with Gasteiger partial charge in [0.1, 0.15) is 0 Å². The topological polar surface area (TPSA) is 89.2 Å². The summed E-state index contributed by atoms with van der Waals surface area (Å²) in [5, 5.41) is 17.7. The van der Waals surface area contributed by atoms with Crippen molar-refractivity contribution in [3.05, 3.63) is 83.5 Å². The Bertz CT molecular complexity index is 968. The summed E-state index contributed by atoms with van der Waals surface area (Å²) in [6, 6.07) is 4.53. The summed E-state index contributed by atoms with van der Waals surface area (Å²) in [6.07, 6.45) is 11.0. The van der Waals surface area contributed by atoms with E-state index in [9.17, 15) is 0 Å². The molecule has 3 aliphatic rings. The molecule has 6 N–H and O–H groups in total. The summed E-state index contributed by atoms with van der Waals surface area (Å²) < 4.78 is 0.